The molecule has 0 radical (unpaired) electrons. The normalized spacial score (nSPS) is 22.9. The third-order valence-electron chi connectivity index (χ3n) is 6.19. The molecule has 2 fully saturated rings. The van der Waals surface area contributed by atoms with E-state index in [1.54, 1.807) is 6.07 Å². The van der Waals surface area contributed by atoms with Crippen LogP contribution in [0, 0.1) is 5.82 Å². The minimum absolute atomic E-state index is 0.0133. The van der Waals surface area contributed by atoms with Gasteiger partial charge in [-0.05, 0) is 68.8 Å². The van der Waals surface area contributed by atoms with Crippen LogP contribution in [0.1, 0.15) is 29.6 Å². The van der Waals surface area contributed by atoms with Gasteiger partial charge in [0.25, 0.3) is 0 Å². The number of carbonyl (C=O) groups is 1. The van der Waals surface area contributed by atoms with Gasteiger partial charge >= 0.3 is 0 Å². The van der Waals surface area contributed by atoms with Gasteiger partial charge in [0.15, 0.2) is 5.78 Å². The summed E-state index contributed by atoms with van der Waals surface area (Å²) in [6, 6.07) is 15.1. The quantitative estimate of drug-likeness (QED) is 0.703. The Kier molecular flexibility index (Phi) is 4.49. The predicted octanol–water partition coefficient (Wildman–Crippen LogP) is 3.78. The van der Waals surface area contributed by atoms with Crippen LogP contribution in [0.25, 0.3) is 16.6 Å². The Hall–Kier alpha value is -2.50. The van der Waals surface area contributed by atoms with Crippen molar-refractivity contribution in [1.82, 2.24) is 14.8 Å². The summed E-state index contributed by atoms with van der Waals surface area (Å²) in [6.45, 7) is 3.03. The SMILES string of the molecule is O=C(c1ccc(-n2ccc3cccc(F)c32)cc1)[C@H]1CCCN1[C@H]1CCNC1. The van der Waals surface area contributed by atoms with Gasteiger partial charge in [0.1, 0.15) is 5.82 Å². The number of benzene rings is 2. The number of aromatic nitrogens is 1. The summed E-state index contributed by atoms with van der Waals surface area (Å²) in [5.74, 6) is -0.0334. The Morgan fingerprint density at radius 3 is 2.71 bits per heavy atom. The highest BCUT2D eigenvalue weighted by atomic mass is 19.1. The van der Waals surface area contributed by atoms with Crippen molar-refractivity contribution in [3.8, 4) is 5.69 Å². The maximum absolute atomic E-state index is 14.3. The second kappa shape index (κ2) is 7.15. The van der Waals surface area contributed by atoms with E-state index in [1.807, 2.05) is 47.2 Å². The highest BCUT2D eigenvalue weighted by molar-refractivity contribution is 6.00. The molecule has 5 rings (SSSR count). The molecule has 3 heterocycles. The lowest BCUT2D eigenvalue weighted by atomic mass is 10.0. The Labute approximate surface area is 163 Å². The van der Waals surface area contributed by atoms with E-state index in [9.17, 15) is 9.18 Å². The molecule has 0 spiro atoms. The van der Waals surface area contributed by atoms with Crippen molar-refractivity contribution in [2.24, 2.45) is 0 Å². The van der Waals surface area contributed by atoms with Crippen LogP contribution in [0.15, 0.2) is 54.7 Å². The van der Waals surface area contributed by atoms with Crippen molar-refractivity contribution in [2.75, 3.05) is 19.6 Å². The van der Waals surface area contributed by atoms with Gasteiger partial charge in [-0.25, -0.2) is 4.39 Å². The second-order valence-corrected chi connectivity index (χ2v) is 7.82. The number of nitrogens with one attached hydrogen (secondary N) is 1. The maximum Gasteiger partial charge on any atom is 0.179 e. The Bertz CT molecular complexity index is 1000. The van der Waals surface area contributed by atoms with Crippen LogP contribution in [0.5, 0.6) is 0 Å². The van der Waals surface area contributed by atoms with E-state index in [4.69, 9.17) is 0 Å². The number of hydrogen-bond acceptors (Lipinski definition) is 3. The van der Waals surface area contributed by atoms with Crippen molar-refractivity contribution in [2.45, 2.75) is 31.3 Å². The first-order chi connectivity index (χ1) is 13.7. The standard InChI is InChI=1S/C23H24FN3O/c24-20-4-1-3-16-11-14-27(22(16)20)18-8-6-17(7-9-18)23(28)21-5-2-13-26(21)19-10-12-25-15-19/h1,3-4,6-9,11,14,19,21,25H,2,5,10,12-13,15H2/t19-,21+/m0/s1. The largest absolute Gasteiger partial charge is 0.315 e. The fraction of sp³-hybridized carbons (Fsp3) is 0.348. The maximum atomic E-state index is 14.3. The average molecular weight is 377 g/mol. The van der Waals surface area contributed by atoms with E-state index in [0.29, 0.717) is 11.6 Å². The summed E-state index contributed by atoms with van der Waals surface area (Å²) in [4.78, 5) is 15.5. The van der Waals surface area contributed by atoms with E-state index in [0.717, 1.165) is 55.5 Å². The number of carbonyl (C=O) groups excluding carboxylic acids is 1. The lowest BCUT2D eigenvalue weighted by molar-refractivity contribution is 0.0826. The van der Waals surface area contributed by atoms with Crippen LogP contribution in [0.4, 0.5) is 4.39 Å². The molecular weight excluding hydrogens is 353 g/mol. The van der Waals surface area contributed by atoms with Crippen LogP contribution in [0.2, 0.25) is 0 Å². The molecule has 2 saturated heterocycles. The molecule has 5 heteroatoms. The van der Waals surface area contributed by atoms with Crippen LogP contribution in [-0.4, -0.2) is 47.0 Å². The predicted molar refractivity (Wildman–Crippen MR) is 109 cm³/mol. The number of fused-ring (bicyclic) bond motifs is 1. The van der Waals surface area contributed by atoms with Crippen molar-refractivity contribution < 1.29 is 9.18 Å². The van der Waals surface area contributed by atoms with Crippen molar-refractivity contribution >= 4 is 16.7 Å². The average Bonchev–Trinajstić information content (AvgIpc) is 3.47. The van der Waals surface area contributed by atoms with Crippen LogP contribution >= 0.6 is 0 Å². The molecule has 2 aliphatic rings. The summed E-state index contributed by atoms with van der Waals surface area (Å²) in [6.07, 6.45) is 5.01. The molecule has 0 unspecified atom stereocenters. The van der Waals surface area contributed by atoms with Crippen LogP contribution < -0.4 is 5.32 Å². The molecule has 144 valence electrons. The zero-order valence-electron chi connectivity index (χ0n) is 15.8. The summed E-state index contributed by atoms with van der Waals surface area (Å²) in [7, 11) is 0. The van der Waals surface area contributed by atoms with Gasteiger partial charge in [-0.3, -0.25) is 9.69 Å². The van der Waals surface area contributed by atoms with Gasteiger partial charge in [-0.15, -0.1) is 0 Å². The first-order valence-corrected chi connectivity index (χ1v) is 10.1. The number of Topliss-reactive ketones (excluding diaryl/α,β-unsaturated/α-hetero) is 1. The molecule has 0 aliphatic carbocycles. The first kappa shape index (κ1) is 17.6. The number of para-hydroxylation sites is 1. The van der Waals surface area contributed by atoms with Gasteiger partial charge in [-0.1, -0.05) is 12.1 Å². The summed E-state index contributed by atoms with van der Waals surface area (Å²) >= 11 is 0. The molecule has 4 nitrogen and oxygen atoms in total. The van der Waals surface area contributed by atoms with Gasteiger partial charge in [0.2, 0.25) is 0 Å². The topological polar surface area (TPSA) is 37.3 Å². The fourth-order valence-electron chi connectivity index (χ4n) is 4.77. The van der Waals surface area contributed by atoms with Crippen molar-refractivity contribution in [3.63, 3.8) is 0 Å². The third-order valence-corrected chi connectivity index (χ3v) is 6.19. The molecule has 0 amide bonds. The third kappa shape index (κ3) is 2.95. The monoisotopic (exact) mass is 377 g/mol. The molecule has 2 atom stereocenters. The molecule has 3 aromatic rings. The summed E-state index contributed by atoms with van der Waals surface area (Å²) in [5, 5.41) is 4.27. The minimum atomic E-state index is -0.241. The van der Waals surface area contributed by atoms with Crippen LogP contribution in [0.3, 0.4) is 0 Å². The summed E-state index contributed by atoms with van der Waals surface area (Å²) in [5.41, 5.74) is 2.17. The number of nitrogens with zero attached hydrogens (tertiary/aromatic N) is 2. The number of rotatable bonds is 4. The highest BCUT2D eigenvalue weighted by Gasteiger charge is 2.36. The number of hydrogen-bond donors (Lipinski definition) is 1. The molecule has 28 heavy (non-hydrogen) atoms. The lowest BCUT2D eigenvalue weighted by Crippen LogP contribution is -2.44. The fourth-order valence-corrected chi connectivity index (χ4v) is 4.77. The van der Waals surface area contributed by atoms with Gasteiger partial charge in [0.05, 0.1) is 11.6 Å². The highest BCUT2D eigenvalue weighted by Crippen LogP contribution is 2.27. The Morgan fingerprint density at radius 1 is 1.07 bits per heavy atom. The van der Waals surface area contributed by atoms with E-state index < -0.39 is 0 Å². The number of likely N-dealkylation sites (tertiary alicyclic amines) is 1. The minimum Gasteiger partial charge on any atom is -0.315 e. The number of ketones is 1. The molecule has 1 N–H and O–H groups in total. The molecule has 0 saturated carbocycles. The van der Waals surface area contributed by atoms with Crippen molar-refractivity contribution in [1.29, 1.82) is 0 Å². The smallest absolute Gasteiger partial charge is 0.179 e. The second-order valence-electron chi connectivity index (χ2n) is 7.82. The zero-order valence-corrected chi connectivity index (χ0v) is 15.8. The van der Waals surface area contributed by atoms with Crippen molar-refractivity contribution in [3.05, 3.63) is 66.1 Å². The molecule has 2 aromatic carbocycles. The molecule has 1 aromatic heterocycles. The van der Waals surface area contributed by atoms with E-state index in [1.165, 1.54) is 6.07 Å². The van der Waals surface area contributed by atoms with E-state index in [-0.39, 0.29) is 17.6 Å². The van der Waals surface area contributed by atoms with Crippen LogP contribution in [-0.2, 0) is 0 Å². The Balaban J connectivity index is 1.41. The molecular formula is C23H24FN3O. The summed E-state index contributed by atoms with van der Waals surface area (Å²) < 4.78 is 16.1. The lowest BCUT2D eigenvalue weighted by Gasteiger charge is -2.29. The molecule has 0 bridgehead atoms. The van der Waals surface area contributed by atoms with Gasteiger partial charge < -0.3 is 9.88 Å². The van der Waals surface area contributed by atoms with E-state index in [2.05, 4.69) is 10.2 Å². The Morgan fingerprint density at radius 2 is 1.93 bits per heavy atom. The molecule has 2 aliphatic heterocycles. The van der Waals surface area contributed by atoms with Gasteiger partial charge in [-0.2, -0.15) is 0 Å². The van der Waals surface area contributed by atoms with Gasteiger partial charge in [0, 0.05) is 35.4 Å². The first-order valence-electron chi connectivity index (χ1n) is 10.1. The zero-order chi connectivity index (χ0) is 19.1. The number of halogens is 1. The van der Waals surface area contributed by atoms with E-state index >= 15 is 0 Å².